The lowest BCUT2D eigenvalue weighted by Crippen LogP contribution is -2.40. The zero-order valence-corrected chi connectivity index (χ0v) is 17.2. The number of fused-ring (bicyclic) bond motifs is 1. The number of aromatic nitrogens is 2. The van der Waals surface area contributed by atoms with Crippen molar-refractivity contribution in [3.05, 3.63) is 53.0 Å². The van der Waals surface area contributed by atoms with Crippen LogP contribution in [0.5, 0.6) is 0 Å². The van der Waals surface area contributed by atoms with Gasteiger partial charge in [0.1, 0.15) is 12.4 Å². The number of likely N-dealkylation sites (N-methyl/N-ethyl adjacent to an activating group) is 1. The van der Waals surface area contributed by atoms with Crippen molar-refractivity contribution in [2.24, 2.45) is 0 Å². The highest BCUT2D eigenvalue weighted by atomic mass is 79.9. The molecule has 0 saturated heterocycles. The van der Waals surface area contributed by atoms with Crippen LogP contribution in [0.2, 0.25) is 0 Å². The molecule has 4 rings (SSSR count). The van der Waals surface area contributed by atoms with Crippen LogP contribution >= 0.6 is 15.9 Å². The van der Waals surface area contributed by atoms with Crippen LogP contribution in [0.15, 0.2) is 53.0 Å². The summed E-state index contributed by atoms with van der Waals surface area (Å²) in [5.74, 6) is 0.990. The second-order valence-corrected chi connectivity index (χ2v) is 8.23. The molecule has 0 radical (unpaired) electrons. The summed E-state index contributed by atoms with van der Waals surface area (Å²) in [5.41, 5.74) is 2.92. The fourth-order valence-corrected chi connectivity index (χ4v) is 4.40. The monoisotopic (exact) mass is 425 g/mol. The average molecular weight is 426 g/mol. The number of nitrogens with zero attached hydrogens (tertiary/aromatic N) is 3. The molecule has 0 unspecified atom stereocenters. The van der Waals surface area contributed by atoms with Gasteiger partial charge in [0.25, 0.3) is 0 Å². The lowest BCUT2D eigenvalue weighted by atomic mass is 9.94. The number of imidazole rings is 1. The molecule has 1 aromatic heterocycles. The van der Waals surface area contributed by atoms with Gasteiger partial charge in [-0.25, -0.2) is 4.98 Å². The first-order valence-corrected chi connectivity index (χ1v) is 10.4. The Hall–Kier alpha value is -2.14. The molecule has 140 valence electrons. The Morgan fingerprint density at radius 2 is 1.93 bits per heavy atom. The van der Waals surface area contributed by atoms with Crippen molar-refractivity contribution in [1.29, 1.82) is 0 Å². The largest absolute Gasteiger partial charge is 0.341 e. The molecule has 0 atom stereocenters. The molecule has 0 bridgehead atoms. The predicted molar refractivity (Wildman–Crippen MR) is 113 cm³/mol. The second-order valence-electron chi connectivity index (χ2n) is 7.32. The lowest BCUT2D eigenvalue weighted by Gasteiger charge is -2.31. The summed E-state index contributed by atoms with van der Waals surface area (Å²) in [4.78, 5) is 19.8. The van der Waals surface area contributed by atoms with Crippen LogP contribution in [0.4, 0.5) is 0 Å². The van der Waals surface area contributed by atoms with Gasteiger partial charge in [-0.15, -0.1) is 0 Å². The normalized spacial score (nSPS) is 15.2. The molecular formula is C22H24BrN3O. The maximum Gasteiger partial charge on any atom is 0.242 e. The summed E-state index contributed by atoms with van der Waals surface area (Å²) in [6.45, 7) is 0.315. The Balaban J connectivity index is 1.69. The molecule has 0 spiro atoms. The molecule has 4 nitrogen and oxygen atoms in total. The quantitative estimate of drug-likeness (QED) is 0.571. The number of rotatable bonds is 4. The molecule has 3 aromatic rings. The number of para-hydroxylation sites is 2. The lowest BCUT2D eigenvalue weighted by molar-refractivity contribution is -0.133. The van der Waals surface area contributed by atoms with Crippen molar-refractivity contribution in [2.75, 3.05) is 7.05 Å². The van der Waals surface area contributed by atoms with E-state index in [2.05, 4.69) is 20.5 Å². The van der Waals surface area contributed by atoms with Gasteiger partial charge in [0.15, 0.2) is 0 Å². The van der Waals surface area contributed by atoms with Gasteiger partial charge in [0.2, 0.25) is 5.91 Å². The molecule has 1 amide bonds. The SMILES string of the molecule is CN(C(=O)Cn1c(-c2cccc(Br)c2)nc2ccccc21)C1CCCCC1. The molecule has 27 heavy (non-hydrogen) atoms. The zero-order chi connectivity index (χ0) is 18.8. The number of amides is 1. The summed E-state index contributed by atoms with van der Waals surface area (Å²) in [6.07, 6.45) is 5.97. The number of hydrogen-bond acceptors (Lipinski definition) is 2. The molecule has 1 fully saturated rings. The molecule has 1 aliphatic carbocycles. The van der Waals surface area contributed by atoms with Crippen molar-refractivity contribution in [3.8, 4) is 11.4 Å². The van der Waals surface area contributed by atoms with E-state index < -0.39 is 0 Å². The fourth-order valence-electron chi connectivity index (χ4n) is 4.00. The molecule has 5 heteroatoms. The minimum absolute atomic E-state index is 0.154. The van der Waals surface area contributed by atoms with Gasteiger partial charge in [0, 0.05) is 23.1 Å². The van der Waals surface area contributed by atoms with E-state index in [-0.39, 0.29) is 5.91 Å². The summed E-state index contributed by atoms with van der Waals surface area (Å²) in [6, 6.07) is 16.5. The minimum Gasteiger partial charge on any atom is -0.341 e. The van der Waals surface area contributed by atoms with E-state index in [0.717, 1.165) is 39.7 Å². The molecule has 1 heterocycles. The van der Waals surface area contributed by atoms with Crippen molar-refractivity contribution in [1.82, 2.24) is 14.5 Å². The van der Waals surface area contributed by atoms with E-state index in [1.807, 2.05) is 60.5 Å². The molecule has 0 aliphatic heterocycles. The van der Waals surface area contributed by atoms with Gasteiger partial charge < -0.3 is 9.47 Å². The third-order valence-corrected chi connectivity index (χ3v) is 6.04. The predicted octanol–water partition coefficient (Wildman–Crippen LogP) is 5.26. The fraction of sp³-hybridized carbons (Fsp3) is 0.364. The summed E-state index contributed by atoms with van der Waals surface area (Å²) < 4.78 is 3.06. The van der Waals surface area contributed by atoms with Crippen molar-refractivity contribution >= 4 is 32.9 Å². The van der Waals surface area contributed by atoms with Crippen LogP contribution in [-0.2, 0) is 11.3 Å². The Morgan fingerprint density at radius 1 is 1.15 bits per heavy atom. The van der Waals surface area contributed by atoms with Crippen LogP contribution < -0.4 is 0 Å². The summed E-state index contributed by atoms with van der Waals surface area (Å²) >= 11 is 3.54. The minimum atomic E-state index is 0.154. The zero-order valence-electron chi connectivity index (χ0n) is 15.6. The number of carbonyl (C=O) groups excluding carboxylic acids is 1. The van der Waals surface area contributed by atoms with Crippen LogP contribution in [0, 0.1) is 0 Å². The maximum atomic E-state index is 13.1. The van der Waals surface area contributed by atoms with Crippen LogP contribution in [0.3, 0.4) is 0 Å². The molecule has 2 aromatic carbocycles. The summed E-state index contributed by atoms with van der Waals surface area (Å²) in [7, 11) is 1.95. The first kappa shape index (κ1) is 18.2. The van der Waals surface area contributed by atoms with E-state index in [0.29, 0.717) is 12.6 Å². The van der Waals surface area contributed by atoms with Gasteiger partial charge in [-0.3, -0.25) is 4.79 Å². The third-order valence-electron chi connectivity index (χ3n) is 5.55. The van der Waals surface area contributed by atoms with Crippen molar-refractivity contribution < 1.29 is 4.79 Å². The molecule has 0 N–H and O–H groups in total. The van der Waals surface area contributed by atoms with E-state index in [1.165, 1.54) is 19.3 Å². The number of benzene rings is 2. The highest BCUT2D eigenvalue weighted by molar-refractivity contribution is 9.10. The third kappa shape index (κ3) is 3.79. The summed E-state index contributed by atoms with van der Waals surface area (Å²) in [5, 5.41) is 0. The van der Waals surface area contributed by atoms with E-state index in [4.69, 9.17) is 4.98 Å². The van der Waals surface area contributed by atoms with Crippen molar-refractivity contribution in [3.63, 3.8) is 0 Å². The van der Waals surface area contributed by atoms with Crippen LogP contribution in [-0.4, -0.2) is 33.4 Å². The highest BCUT2D eigenvalue weighted by Gasteiger charge is 2.24. The van der Waals surface area contributed by atoms with Crippen LogP contribution in [0.1, 0.15) is 32.1 Å². The van der Waals surface area contributed by atoms with Gasteiger partial charge in [-0.05, 0) is 37.1 Å². The Morgan fingerprint density at radius 3 is 2.70 bits per heavy atom. The number of carbonyl (C=O) groups is 1. The Bertz CT molecular complexity index is 959. The van der Waals surface area contributed by atoms with Gasteiger partial charge in [-0.2, -0.15) is 0 Å². The molecule has 1 saturated carbocycles. The van der Waals surface area contributed by atoms with Gasteiger partial charge in [0.05, 0.1) is 11.0 Å². The standard InChI is InChI=1S/C22H24BrN3O/c1-25(18-10-3-2-4-11-18)21(27)15-26-20-13-6-5-12-19(20)24-22(26)16-8-7-9-17(23)14-16/h5-9,12-14,18H,2-4,10-11,15H2,1H3. The van der Waals surface area contributed by atoms with E-state index in [9.17, 15) is 4.79 Å². The maximum absolute atomic E-state index is 13.1. The van der Waals surface area contributed by atoms with Crippen LogP contribution in [0.25, 0.3) is 22.4 Å². The van der Waals surface area contributed by atoms with Crippen molar-refractivity contribution in [2.45, 2.75) is 44.7 Å². The van der Waals surface area contributed by atoms with Gasteiger partial charge >= 0.3 is 0 Å². The first-order chi connectivity index (χ1) is 13.1. The molecular weight excluding hydrogens is 402 g/mol. The topological polar surface area (TPSA) is 38.1 Å². The van der Waals surface area contributed by atoms with Gasteiger partial charge in [-0.1, -0.05) is 59.5 Å². The first-order valence-electron chi connectivity index (χ1n) is 9.60. The molecule has 1 aliphatic rings. The number of hydrogen-bond donors (Lipinski definition) is 0. The van der Waals surface area contributed by atoms with E-state index in [1.54, 1.807) is 0 Å². The highest BCUT2D eigenvalue weighted by Crippen LogP contribution is 2.28. The van der Waals surface area contributed by atoms with E-state index >= 15 is 0 Å². The second kappa shape index (κ2) is 7.85. The Labute approximate surface area is 168 Å². The smallest absolute Gasteiger partial charge is 0.242 e. The number of halogens is 1. The average Bonchev–Trinajstić information content (AvgIpc) is 3.06. The Kier molecular flexibility index (Phi) is 5.30.